The molecule has 0 aliphatic heterocycles. The Hall–Kier alpha value is -1.06. The lowest BCUT2D eigenvalue weighted by Gasteiger charge is -2.03. The van der Waals surface area contributed by atoms with Gasteiger partial charge in [-0.3, -0.25) is 9.59 Å². The molecule has 0 saturated heterocycles. The number of carbonyl (C=O) groups is 2. The van der Waals surface area contributed by atoms with Crippen molar-refractivity contribution in [3.63, 3.8) is 0 Å². The Kier molecular flexibility index (Phi) is 30.0. The summed E-state index contributed by atoms with van der Waals surface area (Å²) in [6.45, 7) is 9.04. The molecule has 0 rings (SSSR count). The van der Waals surface area contributed by atoms with Crippen LogP contribution in [0.2, 0.25) is 0 Å². The minimum absolute atomic E-state index is 0.0304. The van der Waals surface area contributed by atoms with Crippen LogP contribution in [0.15, 0.2) is 0 Å². The van der Waals surface area contributed by atoms with E-state index in [1.807, 2.05) is 13.8 Å². The first-order valence-electron chi connectivity index (χ1n) is 13.4. The zero-order chi connectivity index (χ0) is 23.4. The molecule has 4 heteroatoms. The van der Waals surface area contributed by atoms with Crippen LogP contribution in [0.4, 0.5) is 0 Å². The van der Waals surface area contributed by atoms with Gasteiger partial charge >= 0.3 is 11.9 Å². The summed E-state index contributed by atoms with van der Waals surface area (Å²) in [4.78, 5) is 21.7. The average molecular weight is 443 g/mol. The van der Waals surface area contributed by atoms with Gasteiger partial charge in [0.25, 0.3) is 0 Å². The summed E-state index contributed by atoms with van der Waals surface area (Å²) in [5.41, 5.74) is 0. The molecular weight excluding hydrogens is 388 g/mol. The van der Waals surface area contributed by atoms with E-state index in [0.29, 0.717) is 26.1 Å². The molecule has 0 heterocycles. The lowest BCUT2D eigenvalue weighted by atomic mass is 10.0. The van der Waals surface area contributed by atoms with E-state index < -0.39 is 0 Å². The number of carbonyl (C=O) groups excluding carboxylic acids is 2. The third-order valence-electron chi connectivity index (χ3n) is 5.33. The van der Waals surface area contributed by atoms with Gasteiger partial charge in [0, 0.05) is 12.8 Å². The Bertz CT molecular complexity index is 368. The minimum Gasteiger partial charge on any atom is -0.466 e. The van der Waals surface area contributed by atoms with Crippen molar-refractivity contribution in [2.75, 3.05) is 13.2 Å². The van der Waals surface area contributed by atoms with Gasteiger partial charge in [-0.05, 0) is 26.7 Å². The van der Waals surface area contributed by atoms with Gasteiger partial charge in [0.05, 0.1) is 13.2 Å². The largest absolute Gasteiger partial charge is 0.466 e. The van der Waals surface area contributed by atoms with Crippen LogP contribution in [0.25, 0.3) is 0 Å². The van der Waals surface area contributed by atoms with E-state index >= 15 is 0 Å². The van der Waals surface area contributed by atoms with Crippen molar-refractivity contribution in [2.45, 2.75) is 150 Å². The first-order valence-corrected chi connectivity index (χ1v) is 13.4. The summed E-state index contributed by atoms with van der Waals surface area (Å²) < 4.78 is 9.63. The van der Waals surface area contributed by atoms with Gasteiger partial charge in [-0.25, -0.2) is 0 Å². The number of hydrogen-bond donors (Lipinski definition) is 0. The van der Waals surface area contributed by atoms with Gasteiger partial charge in [0.1, 0.15) is 0 Å². The molecule has 0 radical (unpaired) electrons. The van der Waals surface area contributed by atoms with Crippen molar-refractivity contribution in [1.82, 2.24) is 0 Å². The number of unbranched alkanes of at least 4 members (excludes halogenated alkanes) is 15. The third-order valence-corrected chi connectivity index (χ3v) is 5.33. The Morgan fingerprint density at radius 2 is 0.710 bits per heavy atom. The highest BCUT2D eigenvalue weighted by Gasteiger charge is 2.00. The molecule has 0 unspecified atom stereocenters. The average Bonchev–Trinajstić information content (AvgIpc) is 2.76. The number of rotatable bonds is 21. The fourth-order valence-electron chi connectivity index (χ4n) is 3.43. The summed E-state index contributed by atoms with van der Waals surface area (Å²) in [6, 6.07) is 0. The second kappa shape index (κ2) is 28.9. The molecule has 0 aromatic carbocycles. The summed E-state index contributed by atoms with van der Waals surface area (Å²) in [6.07, 6.45) is 23.5. The topological polar surface area (TPSA) is 52.6 Å². The van der Waals surface area contributed by atoms with Crippen LogP contribution in [-0.2, 0) is 19.1 Å². The molecule has 4 nitrogen and oxygen atoms in total. The maximum Gasteiger partial charge on any atom is 0.305 e. The predicted octanol–water partition coefficient (Wildman–Crippen LogP) is 8.55. The Morgan fingerprint density at radius 3 is 1.03 bits per heavy atom. The number of hydrogen-bond acceptors (Lipinski definition) is 4. The highest BCUT2D eigenvalue weighted by molar-refractivity contribution is 5.69. The smallest absolute Gasteiger partial charge is 0.305 e. The van der Waals surface area contributed by atoms with Gasteiger partial charge in [-0.15, -0.1) is 0 Å². The van der Waals surface area contributed by atoms with Crippen LogP contribution < -0.4 is 0 Å². The van der Waals surface area contributed by atoms with Gasteiger partial charge < -0.3 is 9.47 Å². The molecule has 0 aliphatic carbocycles. The summed E-state index contributed by atoms with van der Waals surface area (Å²) in [7, 11) is 0. The van der Waals surface area contributed by atoms with Crippen molar-refractivity contribution in [1.29, 1.82) is 0 Å². The second-order valence-corrected chi connectivity index (χ2v) is 8.41. The van der Waals surface area contributed by atoms with Crippen molar-refractivity contribution in [3.8, 4) is 0 Å². The van der Waals surface area contributed by atoms with Crippen LogP contribution in [0.5, 0.6) is 0 Å². The quantitative estimate of drug-likeness (QED) is 0.132. The lowest BCUT2D eigenvalue weighted by Crippen LogP contribution is -2.03. The van der Waals surface area contributed by atoms with Crippen LogP contribution >= 0.6 is 0 Å². The summed E-state index contributed by atoms with van der Waals surface area (Å²) in [5, 5.41) is 0. The van der Waals surface area contributed by atoms with Crippen LogP contribution in [-0.4, -0.2) is 25.2 Å². The molecule has 0 atom stereocenters. The zero-order valence-corrected chi connectivity index (χ0v) is 21.5. The van der Waals surface area contributed by atoms with E-state index in [1.54, 1.807) is 0 Å². The van der Waals surface area contributed by atoms with Gasteiger partial charge in [0.2, 0.25) is 0 Å². The maximum atomic E-state index is 11.2. The summed E-state index contributed by atoms with van der Waals surface area (Å²) >= 11 is 0. The van der Waals surface area contributed by atoms with E-state index in [1.165, 1.54) is 89.9 Å². The zero-order valence-electron chi connectivity index (χ0n) is 21.5. The first-order chi connectivity index (χ1) is 15.1. The first kappa shape index (κ1) is 32.1. The van der Waals surface area contributed by atoms with Crippen molar-refractivity contribution in [3.05, 3.63) is 0 Å². The molecule has 186 valence electrons. The van der Waals surface area contributed by atoms with Crippen LogP contribution in [0.1, 0.15) is 150 Å². The second-order valence-electron chi connectivity index (χ2n) is 8.41. The molecule has 0 fully saturated rings. The van der Waals surface area contributed by atoms with Crippen molar-refractivity contribution in [2.24, 2.45) is 0 Å². The number of ether oxygens (including phenoxy) is 2. The molecule has 0 N–H and O–H groups in total. The predicted molar refractivity (Wildman–Crippen MR) is 132 cm³/mol. The molecule has 0 aliphatic rings. The van der Waals surface area contributed by atoms with Crippen LogP contribution in [0.3, 0.4) is 0 Å². The fraction of sp³-hybridized carbons (Fsp3) is 0.926. The van der Waals surface area contributed by atoms with Gasteiger partial charge in [-0.2, -0.15) is 0 Å². The molecule has 31 heavy (non-hydrogen) atoms. The molecular formula is C27H54O4. The van der Waals surface area contributed by atoms with E-state index in [4.69, 9.17) is 9.47 Å². The monoisotopic (exact) mass is 442 g/mol. The SMILES string of the molecule is CCCCC(=O)OCC.CCCCCCCCCCCCCCCCCC(=O)OCC. The van der Waals surface area contributed by atoms with E-state index in [0.717, 1.165) is 19.3 Å². The maximum absolute atomic E-state index is 11.2. The van der Waals surface area contributed by atoms with Crippen molar-refractivity contribution >= 4 is 11.9 Å². The van der Waals surface area contributed by atoms with Gasteiger partial charge in [0.15, 0.2) is 0 Å². The Morgan fingerprint density at radius 1 is 0.419 bits per heavy atom. The van der Waals surface area contributed by atoms with Gasteiger partial charge in [-0.1, -0.05) is 110 Å². The Labute approximate surface area is 194 Å². The van der Waals surface area contributed by atoms with Crippen molar-refractivity contribution < 1.29 is 19.1 Å². The van der Waals surface area contributed by atoms with E-state index in [-0.39, 0.29) is 11.9 Å². The van der Waals surface area contributed by atoms with E-state index in [9.17, 15) is 9.59 Å². The molecule has 0 bridgehead atoms. The highest BCUT2D eigenvalue weighted by atomic mass is 16.5. The Balaban J connectivity index is 0. The molecule has 0 aromatic rings. The minimum atomic E-state index is -0.0700. The standard InChI is InChI=1S/C20H40O2.C7H14O2/c1-3-5-6-7-8-9-10-11-12-13-14-15-16-17-18-19-20(21)22-4-2;1-3-5-6-7(8)9-4-2/h3-19H2,1-2H3;3-6H2,1-2H3. The number of esters is 2. The molecule has 0 amide bonds. The highest BCUT2D eigenvalue weighted by Crippen LogP contribution is 2.13. The van der Waals surface area contributed by atoms with Crippen LogP contribution in [0, 0.1) is 0 Å². The normalized spacial score (nSPS) is 10.3. The van der Waals surface area contributed by atoms with E-state index in [2.05, 4.69) is 13.8 Å². The fourth-order valence-corrected chi connectivity index (χ4v) is 3.43. The summed E-state index contributed by atoms with van der Waals surface area (Å²) in [5.74, 6) is -0.100. The molecule has 0 saturated carbocycles. The molecule has 0 aromatic heterocycles. The third kappa shape index (κ3) is 31.2. The lowest BCUT2D eigenvalue weighted by molar-refractivity contribution is -0.144. The molecule has 0 spiro atoms.